The van der Waals surface area contributed by atoms with Crippen molar-refractivity contribution in [1.82, 2.24) is 19.7 Å². The molecule has 0 unspecified atom stereocenters. The highest BCUT2D eigenvalue weighted by Crippen LogP contribution is 2.35. The summed E-state index contributed by atoms with van der Waals surface area (Å²) in [5.41, 5.74) is 1.11. The van der Waals surface area contributed by atoms with E-state index in [1.165, 1.54) is 45.2 Å². The van der Waals surface area contributed by atoms with Gasteiger partial charge in [0.15, 0.2) is 0 Å². The quantitative estimate of drug-likeness (QED) is 0.760. The highest BCUT2D eigenvalue weighted by atomic mass is 16.2. The molecule has 0 aromatic carbocycles. The number of hydrogen-bond acceptors (Lipinski definition) is 4. The van der Waals surface area contributed by atoms with Crippen LogP contribution in [0.2, 0.25) is 0 Å². The summed E-state index contributed by atoms with van der Waals surface area (Å²) in [6, 6.07) is 6.08. The highest BCUT2D eigenvalue weighted by molar-refractivity contribution is 5.83. The summed E-state index contributed by atoms with van der Waals surface area (Å²) in [5.74, 6) is 1.16. The zero-order valence-electron chi connectivity index (χ0n) is 19.0. The molecular formula is C25H36N4O3. The first-order valence-corrected chi connectivity index (χ1v) is 12.6. The number of rotatable bonds is 5. The van der Waals surface area contributed by atoms with Gasteiger partial charge in [-0.05, 0) is 63.1 Å². The van der Waals surface area contributed by atoms with Gasteiger partial charge in [-0.3, -0.25) is 14.4 Å². The van der Waals surface area contributed by atoms with Crippen molar-refractivity contribution in [3.05, 3.63) is 34.2 Å². The largest absolute Gasteiger partial charge is 0.356 e. The van der Waals surface area contributed by atoms with Gasteiger partial charge >= 0.3 is 0 Å². The van der Waals surface area contributed by atoms with Crippen LogP contribution in [-0.2, 0) is 16.1 Å². The number of likely N-dealkylation sites (tertiary alicyclic amines) is 1. The molecule has 4 aliphatic heterocycles. The molecule has 2 amide bonds. The van der Waals surface area contributed by atoms with Crippen molar-refractivity contribution in [2.75, 3.05) is 32.7 Å². The summed E-state index contributed by atoms with van der Waals surface area (Å²) in [6.07, 6.45) is 7.85. The molecule has 3 saturated heterocycles. The fraction of sp³-hybridized carbons (Fsp3) is 0.720. The van der Waals surface area contributed by atoms with E-state index in [0.717, 1.165) is 18.7 Å². The zero-order chi connectivity index (χ0) is 22.1. The predicted molar refractivity (Wildman–Crippen MR) is 122 cm³/mol. The molecule has 7 nitrogen and oxygen atoms in total. The molecule has 0 aliphatic carbocycles. The number of amides is 2. The van der Waals surface area contributed by atoms with E-state index >= 15 is 0 Å². The Morgan fingerprint density at radius 3 is 2.78 bits per heavy atom. The lowest BCUT2D eigenvalue weighted by atomic mass is 9.83. The molecule has 2 bridgehead atoms. The summed E-state index contributed by atoms with van der Waals surface area (Å²) in [7, 11) is 0. The minimum absolute atomic E-state index is 0.000356. The van der Waals surface area contributed by atoms with Crippen LogP contribution >= 0.6 is 0 Å². The molecule has 0 spiro atoms. The third-order valence-electron chi connectivity index (χ3n) is 8.19. The number of nitrogens with zero attached hydrogens (tertiary/aromatic N) is 3. The van der Waals surface area contributed by atoms with E-state index in [9.17, 15) is 14.4 Å². The second-order valence-electron chi connectivity index (χ2n) is 10.3. The zero-order valence-corrected chi connectivity index (χ0v) is 19.0. The van der Waals surface area contributed by atoms with Gasteiger partial charge in [0.05, 0.1) is 0 Å². The Kier molecular flexibility index (Phi) is 6.35. The Balaban J connectivity index is 1.10. The Labute approximate surface area is 190 Å². The molecule has 1 aromatic rings. The van der Waals surface area contributed by atoms with Crippen molar-refractivity contribution in [2.24, 2.45) is 11.8 Å². The number of pyridine rings is 1. The van der Waals surface area contributed by atoms with Crippen LogP contribution in [0.1, 0.15) is 63.0 Å². The number of hydrogen-bond donors (Lipinski definition) is 1. The summed E-state index contributed by atoms with van der Waals surface area (Å²) in [5, 5.41) is 3.13. The summed E-state index contributed by atoms with van der Waals surface area (Å²) in [4.78, 5) is 42.1. The number of nitrogens with one attached hydrogen (secondary N) is 1. The lowest BCUT2D eigenvalue weighted by Gasteiger charge is -2.44. The van der Waals surface area contributed by atoms with Gasteiger partial charge in [0, 0.05) is 62.7 Å². The van der Waals surface area contributed by atoms with Gasteiger partial charge in [0.25, 0.3) is 5.56 Å². The third kappa shape index (κ3) is 4.49. The van der Waals surface area contributed by atoms with Gasteiger partial charge in [-0.1, -0.05) is 12.5 Å². The maximum absolute atomic E-state index is 12.9. The number of aromatic nitrogens is 1. The number of fused-ring (bicyclic) bond motifs is 5. The summed E-state index contributed by atoms with van der Waals surface area (Å²) in [6.45, 7) is 5.20. The van der Waals surface area contributed by atoms with E-state index in [1.54, 1.807) is 6.07 Å². The second-order valence-corrected chi connectivity index (χ2v) is 10.3. The third-order valence-corrected chi connectivity index (χ3v) is 8.19. The number of carbonyl (C=O) groups is 2. The van der Waals surface area contributed by atoms with Gasteiger partial charge in [-0.2, -0.15) is 0 Å². The molecule has 1 aromatic heterocycles. The van der Waals surface area contributed by atoms with Crippen molar-refractivity contribution in [3.8, 4) is 0 Å². The molecule has 4 atom stereocenters. The first-order chi connectivity index (χ1) is 15.6. The van der Waals surface area contributed by atoms with Crippen LogP contribution < -0.4 is 10.9 Å². The first-order valence-electron chi connectivity index (χ1n) is 12.6. The normalized spacial score (nSPS) is 29.7. The first kappa shape index (κ1) is 21.7. The van der Waals surface area contributed by atoms with Crippen molar-refractivity contribution in [3.63, 3.8) is 0 Å². The van der Waals surface area contributed by atoms with Crippen LogP contribution in [0, 0.1) is 11.8 Å². The van der Waals surface area contributed by atoms with Crippen LogP contribution in [0.15, 0.2) is 23.0 Å². The van der Waals surface area contributed by atoms with E-state index in [1.807, 2.05) is 21.6 Å². The van der Waals surface area contributed by atoms with Gasteiger partial charge in [0.2, 0.25) is 11.8 Å². The average molecular weight is 441 g/mol. The molecule has 7 heteroatoms. The van der Waals surface area contributed by atoms with Crippen LogP contribution in [0.25, 0.3) is 0 Å². The number of piperidine rings is 3. The fourth-order valence-electron chi connectivity index (χ4n) is 6.63. The molecular weight excluding hydrogens is 404 g/mol. The van der Waals surface area contributed by atoms with Crippen LogP contribution in [0.4, 0.5) is 0 Å². The standard InChI is InChI=1S/C25H36N4O3/c30-23(26-14-19-5-4-12-27-11-2-1-6-21(19)27)9-10-24(31)28-15-18-13-20(17-28)22-7-3-8-25(32)29(22)16-18/h3,7-8,18-21H,1-2,4-6,9-17H2,(H,26,30)/t18-,19+,20+,21+/m1/s1. The Morgan fingerprint density at radius 1 is 1.00 bits per heavy atom. The highest BCUT2D eigenvalue weighted by Gasteiger charge is 2.36. The molecule has 5 rings (SSSR count). The maximum Gasteiger partial charge on any atom is 0.250 e. The van der Waals surface area contributed by atoms with Crippen LogP contribution in [0.3, 0.4) is 0 Å². The van der Waals surface area contributed by atoms with E-state index in [0.29, 0.717) is 37.5 Å². The summed E-state index contributed by atoms with van der Waals surface area (Å²) < 4.78 is 1.88. The van der Waals surface area contributed by atoms with E-state index in [-0.39, 0.29) is 36.1 Å². The molecule has 0 radical (unpaired) electrons. The van der Waals surface area contributed by atoms with Crippen molar-refractivity contribution >= 4 is 11.8 Å². The molecule has 1 N–H and O–H groups in total. The fourth-order valence-corrected chi connectivity index (χ4v) is 6.63. The second kappa shape index (κ2) is 9.38. The molecule has 174 valence electrons. The Hall–Kier alpha value is -2.15. The maximum atomic E-state index is 12.9. The lowest BCUT2D eigenvalue weighted by molar-refractivity contribution is -0.136. The summed E-state index contributed by atoms with van der Waals surface area (Å²) >= 11 is 0. The Morgan fingerprint density at radius 2 is 1.88 bits per heavy atom. The molecule has 32 heavy (non-hydrogen) atoms. The smallest absolute Gasteiger partial charge is 0.250 e. The van der Waals surface area contributed by atoms with E-state index in [2.05, 4.69) is 10.2 Å². The number of carbonyl (C=O) groups excluding carboxylic acids is 2. The van der Waals surface area contributed by atoms with Gasteiger partial charge < -0.3 is 19.7 Å². The molecule has 3 fully saturated rings. The predicted octanol–water partition coefficient (Wildman–Crippen LogP) is 1.95. The van der Waals surface area contributed by atoms with Crippen molar-refractivity contribution in [1.29, 1.82) is 0 Å². The average Bonchev–Trinajstić information content (AvgIpc) is 2.81. The monoisotopic (exact) mass is 440 g/mol. The Bertz CT molecular complexity index is 911. The SMILES string of the molecule is O=C(CCC(=O)N1C[C@H]2C[C@@H](C1)c1cccc(=O)n1C2)NC[C@@H]1CCCN2CCCC[C@@H]12. The van der Waals surface area contributed by atoms with Crippen LogP contribution in [-0.4, -0.2) is 64.9 Å². The van der Waals surface area contributed by atoms with Crippen molar-refractivity contribution in [2.45, 2.75) is 69.9 Å². The minimum Gasteiger partial charge on any atom is -0.356 e. The van der Waals surface area contributed by atoms with E-state index < -0.39 is 0 Å². The van der Waals surface area contributed by atoms with Gasteiger partial charge in [-0.15, -0.1) is 0 Å². The topological polar surface area (TPSA) is 74.6 Å². The molecule has 4 aliphatic rings. The molecule has 5 heterocycles. The van der Waals surface area contributed by atoms with E-state index in [4.69, 9.17) is 0 Å². The minimum atomic E-state index is 0.000356. The van der Waals surface area contributed by atoms with Gasteiger partial charge in [-0.25, -0.2) is 0 Å². The van der Waals surface area contributed by atoms with Crippen LogP contribution in [0.5, 0.6) is 0 Å². The van der Waals surface area contributed by atoms with Gasteiger partial charge in [0.1, 0.15) is 0 Å². The molecule has 0 saturated carbocycles. The lowest BCUT2D eigenvalue weighted by Crippen LogP contribution is -2.51. The van der Waals surface area contributed by atoms with Crippen molar-refractivity contribution < 1.29 is 9.59 Å².